The molecule has 0 spiro atoms. The van der Waals surface area contributed by atoms with E-state index < -0.39 is 0 Å². The first-order valence-corrected chi connectivity index (χ1v) is 7.71. The molecule has 1 amide bonds. The number of nitrogens with one attached hydrogen (secondary N) is 2. The molecule has 21 heavy (non-hydrogen) atoms. The summed E-state index contributed by atoms with van der Waals surface area (Å²) in [7, 11) is 0. The second-order valence-electron chi connectivity index (χ2n) is 5.49. The number of morpholine rings is 1. The Hall–Kier alpha value is -1.30. The van der Waals surface area contributed by atoms with E-state index in [2.05, 4.69) is 22.5 Å². The molecule has 0 bridgehead atoms. The number of anilines is 2. The fourth-order valence-corrected chi connectivity index (χ4v) is 3.26. The minimum Gasteiger partial charge on any atom is -0.377 e. The highest BCUT2D eigenvalue weighted by Gasteiger charge is 2.32. The zero-order valence-electron chi connectivity index (χ0n) is 12.3. The summed E-state index contributed by atoms with van der Waals surface area (Å²) in [4.78, 5) is 14.3. The maximum atomic E-state index is 12.0. The molecular weight excluding hydrogens is 290 g/mol. The lowest BCUT2D eigenvalue weighted by Gasteiger charge is -2.36. The Balaban J connectivity index is 1.95. The number of ether oxygens (including phenoxy) is 1. The molecule has 5 nitrogen and oxygen atoms in total. The lowest BCUT2D eigenvalue weighted by atomic mass is 10.1. The summed E-state index contributed by atoms with van der Waals surface area (Å²) in [6.45, 7) is 7.03. The van der Waals surface area contributed by atoms with Crippen LogP contribution in [0.2, 0.25) is 5.02 Å². The third kappa shape index (κ3) is 2.61. The van der Waals surface area contributed by atoms with Gasteiger partial charge in [0.15, 0.2) is 0 Å². The van der Waals surface area contributed by atoms with E-state index in [4.69, 9.17) is 16.3 Å². The first-order valence-electron chi connectivity index (χ1n) is 7.34. The highest BCUT2D eigenvalue weighted by molar-refractivity contribution is 6.33. The fourth-order valence-electron chi connectivity index (χ4n) is 2.98. The molecule has 3 rings (SSSR count). The van der Waals surface area contributed by atoms with Crippen molar-refractivity contribution in [2.75, 3.05) is 36.5 Å². The predicted octanol–water partition coefficient (Wildman–Crippen LogP) is 2.17. The first kappa shape index (κ1) is 14.6. The minimum absolute atomic E-state index is 0.0184. The number of likely N-dealkylation sites (N-methyl/N-ethyl adjacent to an activating group) is 1. The predicted molar refractivity (Wildman–Crippen MR) is 84.1 cm³/mol. The van der Waals surface area contributed by atoms with Gasteiger partial charge in [-0.15, -0.1) is 0 Å². The van der Waals surface area contributed by atoms with Gasteiger partial charge in [-0.25, -0.2) is 0 Å². The molecule has 2 aliphatic heterocycles. The van der Waals surface area contributed by atoms with Gasteiger partial charge < -0.3 is 20.3 Å². The summed E-state index contributed by atoms with van der Waals surface area (Å²) in [5.74, 6) is -0.0184. The number of rotatable bonds is 3. The molecule has 114 valence electrons. The summed E-state index contributed by atoms with van der Waals surface area (Å²) in [5, 5.41) is 6.80. The van der Waals surface area contributed by atoms with Gasteiger partial charge in [0.1, 0.15) is 6.04 Å². The summed E-state index contributed by atoms with van der Waals surface area (Å²) in [5.41, 5.74) is 2.74. The highest BCUT2D eigenvalue weighted by Crippen LogP contribution is 2.39. The van der Waals surface area contributed by atoms with Gasteiger partial charge in [-0.2, -0.15) is 0 Å². The number of nitrogens with zero attached hydrogens (tertiary/aromatic N) is 1. The topological polar surface area (TPSA) is 53.6 Å². The third-order valence-corrected chi connectivity index (χ3v) is 4.34. The van der Waals surface area contributed by atoms with Crippen LogP contribution in [0.15, 0.2) is 12.1 Å². The van der Waals surface area contributed by atoms with Crippen LogP contribution in [0, 0.1) is 0 Å². The average molecular weight is 310 g/mol. The number of halogens is 1. The maximum Gasteiger partial charge on any atom is 0.246 e. The number of fused-ring (bicyclic) bond motifs is 1. The Labute approximate surface area is 129 Å². The number of benzene rings is 1. The van der Waals surface area contributed by atoms with Crippen LogP contribution in [0.5, 0.6) is 0 Å². The number of amides is 1. The van der Waals surface area contributed by atoms with Gasteiger partial charge in [-0.3, -0.25) is 4.79 Å². The Morgan fingerprint density at radius 2 is 2.33 bits per heavy atom. The second-order valence-corrected chi connectivity index (χ2v) is 5.90. The van der Waals surface area contributed by atoms with Gasteiger partial charge in [0.2, 0.25) is 5.91 Å². The molecule has 2 atom stereocenters. The summed E-state index contributed by atoms with van der Waals surface area (Å²) in [6, 6.07) is 3.85. The zero-order chi connectivity index (χ0) is 15.0. The van der Waals surface area contributed by atoms with Crippen molar-refractivity contribution in [3.63, 3.8) is 0 Å². The molecule has 2 N–H and O–H groups in total. The van der Waals surface area contributed by atoms with Crippen LogP contribution in [-0.4, -0.2) is 38.3 Å². The molecule has 1 aromatic rings. The van der Waals surface area contributed by atoms with Crippen molar-refractivity contribution in [3.8, 4) is 0 Å². The molecule has 0 radical (unpaired) electrons. The van der Waals surface area contributed by atoms with Crippen molar-refractivity contribution in [3.05, 3.63) is 22.7 Å². The van der Waals surface area contributed by atoms with Gasteiger partial charge in [-0.1, -0.05) is 18.5 Å². The molecule has 6 heteroatoms. The molecule has 2 unspecified atom stereocenters. The van der Waals surface area contributed by atoms with E-state index in [-0.39, 0.29) is 18.0 Å². The standard InChI is InChI=1S/C15H20ClN3O2/c1-3-17-14-10-6-11(16)13(7-12(10)18-15(14)20)19-4-5-21-8-9(19)2/h6-7,9,14,17H,3-5,8H2,1-2H3,(H,18,20). The van der Waals surface area contributed by atoms with E-state index in [0.717, 1.165) is 30.0 Å². The molecule has 1 fully saturated rings. The first-order chi connectivity index (χ1) is 10.1. The minimum atomic E-state index is -0.307. The number of carbonyl (C=O) groups is 1. The molecule has 0 saturated carbocycles. The Morgan fingerprint density at radius 3 is 3.05 bits per heavy atom. The van der Waals surface area contributed by atoms with Gasteiger partial charge in [0.25, 0.3) is 0 Å². The van der Waals surface area contributed by atoms with E-state index in [0.29, 0.717) is 18.2 Å². The quantitative estimate of drug-likeness (QED) is 0.898. The Morgan fingerprint density at radius 1 is 1.52 bits per heavy atom. The van der Waals surface area contributed by atoms with Crippen LogP contribution in [0.4, 0.5) is 11.4 Å². The molecular formula is C15H20ClN3O2. The molecule has 2 aliphatic rings. The van der Waals surface area contributed by atoms with E-state index >= 15 is 0 Å². The lowest BCUT2D eigenvalue weighted by Crippen LogP contribution is -2.43. The van der Waals surface area contributed by atoms with Crippen LogP contribution in [0.3, 0.4) is 0 Å². The summed E-state index contributed by atoms with van der Waals surface area (Å²) < 4.78 is 5.47. The maximum absolute atomic E-state index is 12.0. The van der Waals surface area contributed by atoms with Crippen LogP contribution < -0.4 is 15.5 Å². The van der Waals surface area contributed by atoms with Crippen molar-refractivity contribution in [2.45, 2.75) is 25.9 Å². The number of hydrogen-bond donors (Lipinski definition) is 2. The van der Waals surface area contributed by atoms with Gasteiger partial charge >= 0.3 is 0 Å². The average Bonchev–Trinajstić information content (AvgIpc) is 2.75. The van der Waals surface area contributed by atoms with Crippen molar-refractivity contribution in [1.82, 2.24) is 5.32 Å². The number of hydrogen-bond acceptors (Lipinski definition) is 4. The zero-order valence-corrected chi connectivity index (χ0v) is 13.0. The van der Waals surface area contributed by atoms with Crippen molar-refractivity contribution >= 4 is 28.9 Å². The fraction of sp³-hybridized carbons (Fsp3) is 0.533. The molecule has 2 heterocycles. The van der Waals surface area contributed by atoms with Gasteiger partial charge in [0.05, 0.1) is 23.9 Å². The van der Waals surface area contributed by atoms with Crippen LogP contribution in [-0.2, 0) is 9.53 Å². The van der Waals surface area contributed by atoms with Crippen molar-refractivity contribution in [2.24, 2.45) is 0 Å². The molecule has 0 aliphatic carbocycles. The third-order valence-electron chi connectivity index (χ3n) is 4.04. The molecule has 0 aromatic heterocycles. The normalized spacial score (nSPS) is 24.9. The highest BCUT2D eigenvalue weighted by atomic mass is 35.5. The monoisotopic (exact) mass is 309 g/mol. The second kappa shape index (κ2) is 5.83. The number of carbonyl (C=O) groups excluding carboxylic acids is 1. The summed E-state index contributed by atoms with van der Waals surface area (Å²) >= 11 is 6.47. The molecule has 1 aromatic carbocycles. The molecule has 1 saturated heterocycles. The summed E-state index contributed by atoms with van der Waals surface area (Å²) in [6.07, 6.45) is 0. The lowest BCUT2D eigenvalue weighted by molar-refractivity contribution is -0.117. The van der Waals surface area contributed by atoms with Crippen molar-refractivity contribution in [1.29, 1.82) is 0 Å². The van der Waals surface area contributed by atoms with E-state index in [1.807, 2.05) is 19.1 Å². The van der Waals surface area contributed by atoms with E-state index in [9.17, 15) is 4.79 Å². The van der Waals surface area contributed by atoms with Crippen LogP contribution >= 0.6 is 11.6 Å². The van der Waals surface area contributed by atoms with Crippen molar-refractivity contribution < 1.29 is 9.53 Å². The SMILES string of the molecule is CCNC1C(=O)Nc2cc(N3CCOCC3C)c(Cl)cc21. The Kier molecular flexibility index (Phi) is 4.06. The van der Waals surface area contributed by atoms with Gasteiger partial charge in [-0.05, 0) is 25.6 Å². The van der Waals surface area contributed by atoms with E-state index in [1.54, 1.807) is 0 Å². The van der Waals surface area contributed by atoms with Crippen LogP contribution in [0.1, 0.15) is 25.5 Å². The smallest absolute Gasteiger partial charge is 0.246 e. The van der Waals surface area contributed by atoms with E-state index in [1.165, 1.54) is 0 Å². The van der Waals surface area contributed by atoms with Gasteiger partial charge in [0, 0.05) is 23.8 Å². The largest absolute Gasteiger partial charge is 0.377 e. The van der Waals surface area contributed by atoms with Crippen LogP contribution in [0.25, 0.3) is 0 Å². The Bertz CT molecular complexity index is 564.